The van der Waals surface area contributed by atoms with Crippen LogP contribution in [0.25, 0.3) is 17.1 Å². The minimum atomic E-state index is 0.109. The molecule has 28 heavy (non-hydrogen) atoms. The van der Waals surface area contributed by atoms with Crippen molar-refractivity contribution < 1.29 is 0 Å². The Kier molecular flexibility index (Phi) is 5.23. The van der Waals surface area contributed by atoms with E-state index in [1.807, 2.05) is 40.7 Å². The van der Waals surface area contributed by atoms with Gasteiger partial charge in [-0.2, -0.15) is 5.10 Å². The third-order valence-corrected chi connectivity index (χ3v) is 5.13. The van der Waals surface area contributed by atoms with Gasteiger partial charge in [-0.15, -0.1) is 5.10 Å². The fourth-order valence-electron chi connectivity index (χ4n) is 3.00. The molecule has 4 aromatic rings. The van der Waals surface area contributed by atoms with Gasteiger partial charge in [0.25, 0.3) is 0 Å². The first-order chi connectivity index (χ1) is 13.5. The van der Waals surface area contributed by atoms with E-state index >= 15 is 0 Å². The highest BCUT2D eigenvalue weighted by Crippen LogP contribution is 2.26. The summed E-state index contributed by atoms with van der Waals surface area (Å²) in [5, 5.41) is 9.39. The summed E-state index contributed by atoms with van der Waals surface area (Å²) in [6, 6.07) is 9.46. The Morgan fingerprint density at radius 2 is 2.00 bits per heavy atom. The minimum absolute atomic E-state index is 0.109. The molecule has 0 saturated heterocycles. The average molecular weight is 459 g/mol. The molecule has 4 aromatic heterocycles. The summed E-state index contributed by atoms with van der Waals surface area (Å²) >= 11 is 9.43. The third kappa shape index (κ3) is 3.83. The maximum Gasteiger partial charge on any atom is 0.182 e. The van der Waals surface area contributed by atoms with Gasteiger partial charge >= 0.3 is 0 Å². The first-order valence-corrected chi connectivity index (χ1v) is 9.86. The van der Waals surface area contributed by atoms with Gasteiger partial charge in [0.15, 0.2) is 5.82 Å². The molecule has 4 rings (SSSR count). The molecule has 0 N–H and O–H groups in total. The Balaban J connectivity index is 1.78. The van der Waals surface area contributed by atoms with Gasteiger partial charge in [-0.3, -0.25) is 4.68 Å². The zero-order valence-electron chi connectivity index (χ0n) is 15.3. The van der Waals surface area contributed by atoms with Gasteiger partial charge in [0.1, 0.15) is 15.6 Å². The Labute approximate surface area is 175 Å². The van der Waals surface area contributed by atoms with Crippen molar-refractivity contribution in [1.29, 1.82) is 0 Å². The number of pyridine rings is 2. The van der Waals surface area contributed by atoms with Crippen LogP contribution in [0.4, 0.5) is 0 Å². The smallest absolute Gasteiger partial charge is 0.182 e. The van der Waals surface area contributed by atoms with Crippen molar-refractivity contribution >= 4 is 27.5 Å². The van der Waals surface area contributed by atoms with Crippen LogP contribution in [0, 0.1) is 0 Å². The number of rotatable bonds is 5. The molecular formula is C19H17BrClN7. The van der Waals surface area contributed by atoms with Gasteiger partial charge in [-0.25, -0.2) is 19.6 Å². The van der Waals surface area contributed by atoms with Crippen LogP contribution in [0.2, 0.25) is 5.15 Å². The Morgan fingerprint density at radius 3 is 2.68 bits per heavy atom. The maximum atomic E-state index is 6.05. The molecule has 1 unspecified atom stereocenters. The van der Waals surface area contributed by atoms with Crippen LogP contribution >= 0.6 is 27.5 Å². The van der Waals surface area contributed by atoms with Gasteiger partial charge in [-0.1, -0.05) is 18.5 Å². The molecule has 0 saturated carbocycles. The third-order valence-electron chi connectivity index (χ3n) is 4.45. The maximum absolute atomic E-state index is 6.05. The second-order valence-corrected chi connectivity index (χ2v) is 7.66. The highest BCUT2D eigenvalue weighted by molar-refractivity contribution is 9.10. The van der Waals surface area contributed by atoms with Gasteiger partial charge in [-0.05, 0) is 52.7 Å². The zero-order valence-corrected chi connectivity index (χ0v) is 17.6. The van der Waals surface area contributed by atoms with Crippen LogP contribution in [-0.4, -0.2) is 34.5 Å². The standard InChI is InChI=1S/C19H17BrClN7/c1-12(9-14-6-8-24-27(14)2)19-25-18(13-5-7-22-17(21)10-13)26-28(19)15-3-4-16(20)23-11-15/h3-8,10-12H,9H2,1-2H3. The highest BCUT2D eigenvalue weighted by Gasteiger charge is 2.20. The number of halogens is 2. The molecule has 0 aromatic carbocycles. The van der Waals surface area contributed by atoms with Gasteiger partial charge in [0.05, 0.1) is 11.9 Å². The molecule has 9 heteroatoms. The predicted octanol–water partition coefficient (Wildman–Crippen LogP) is 4.22. The van der Waals surface area contributed by atoms with Crippen LogP contribution in [0.15, 0.2) is 53.5 Å². The Hall–Kier alpha value is -2.58. The lowest BCUT2D eigenvalue weighted by Crippen LogP contribution is -2.11. The first kappa shape index (κ1) is 18.8. The molecule has 0 fully saturated rings. The zero-order chi connectivity index (χ0) is 19.7. The lowest BCUT2D eigenvalue weighted by molar-refractivity contribution is 0.616. The summed E-state index contributed by atoms with van der Waals surface area (Å²) < 4.78 is 4.48. The quantitative estimate of drug-likeness (QED) is 0.419. The van der Waals surface area contributed by atoms with Crippen LogP contribution in [-0.2, 0) is 13.5 Å². The van der Waals surface area contributed by atoms with Crippen molar-refractivity contribution in [1.82, 2.24) is 34.5 Å². The fourth-order valence-corrected chi connectivity index (χ4v) is 3.41. The van der Waals surface area contributed by atoms with E-state index in [0.717, 1.165) is 33.8 Å². The van der Waals surface area contributed by atoms with Gasteiger partial charge < -0.3 is 0 Å². The van der Waals surface area contributed by atoms with Crippen molar-refractivity contribution in [3.8, 4) is 17.1 Å². The summed E-state index contributed by atoms with van der Waals surface area (Å²) in [4.78, 5) is 13.2. The predicted molar refractivity (Wildman–Crippen MR) is 110 cm³/mol. The summed E-state index contributed by atoms with van der Waals surface area (Å²) in [7, 11) is 1.94. The Morgan fingerprint density at radius 1 is 1.14 bits per heavy atom. The van der Waals surface area contributed by atoms with E-state index in [9.17, 15) is 0 Å². The molecule has 4 heterocycles. The normalized spacial score (nSPS) is 12.3. The summed E-state index contributed by atoms with van der Waals surface area (Å²) in [5.41, 5.74) is 2.79. The minimum Gasteiger partial charge on any atom is -0.273 e. The van der Waals surface area contributed by atoms with Crippen molar-refractivity contribution in [3.05, 3.63) is 70.2 Å². The SMILES string of the molecule is CC(Cc1ccnn1C)c1nc(-c2ccnc(Cl)c2)nn1-c1ccc(Br)nc1. The molecule has 0 radical (unpaired) electrons. The molecule has 1 atom stereocenters. The number of hydrogen-bond acceptors (Lipinski definition) is 5. The van der Waals surface area contributed by atoms with E-state index in [-0.39, 0.29) is 5.92 Å². The van der Waals surface area contributed by atoms with Crippen LogP contribution in [0.3, 0.4) is 0 Å². The monoisotopic (exact) mass is 457 g/mol. The highest BCUT2D eigenvalue weighted by atomic mass is 79.9. The van der Waals surface area contributed by atoms with E-state index in [0.29, 0.717) is 11.0 Å². The summed E-state index contributed by atoms with van der Waals surface area (Å²) in [5.74, 6) is 1.55. The number of aromatic nitrogens is 7. The molecule has 0 aliphatic heterocycles. The molecule has 0 aliphatic carbocycles. The summed E-state index contributed by atoms with van der Waals surface area (Å²) in [6.07, 6.45) is 6.01. The lowest BCUT2D eigenvalue weighted by Gasteiger charge is -2.12. The second kappa shape index (κ2) is 7.81. The van der Waals surface area contributed by atoms with E-state index in [1.54, 1.807) is 24.7 Å². The Bertz CT molecular complexity index is 1100. The summed E-state index contributed by atoms with van der Waals surface area (Å²) in [6.45, 7) is 2.13. The number of aryl methyl sites for hydroxylation is 1. The molecular weight excluding hydrogens is 442 g/mol. The van der Waals surface area contributed by atoms with Crippen LogP contribution in [0.5, 0.6) is 0 Å². The van der Waals surface area contributed by atoms with E-state index < -0.39 is 0 Å². The van der Waals surface area contributed by atoms with E-state index in [2.05, 4.69) is 37.9 Å². The van der Waals surface area contributed by atoms with Crippen LogP contribution < -0.4 is 0 Å². The molecule has 7 nitrogen and oxygen atoms in total. The van der Waals surface area contributed by atoms with Crippen molar-refractivity contribution in [3.63, 3.8) is 0 Å². The van der Waals surface area contributed by atoms with Gasteiger partial charge in [0.2, 0.25) is 0 Å². The second-order valence-electron chi connectivity index (χ2n) is 6.46. The topological polar surface area (TPSA) is 74.3 Å². The van der Waals surface area contributed by atoms with E-state index in [1.165, 1.54) is 0 Å². The average Bonchev–Trinajstić information content (AvgIpc) is 3.29. The first-order valence-electron chi connectivity index (χ1n) is 8.69. The number of hydrogen-bond donors (Lipinski definition) is 0. The number of nitrogens with zero attached hydrogens (tertiary/aromatic N) is 7. The van der Waals surface area contributed by atoms with Gasteiger partial charge in [0, 0.05) is 36.6 Å². The largest absolute Gasteiger partial charge is 0.273 e. The lowest BCUT2D eigenvalue weighted by atomic mass is 10.0. The van der Waals surface area contributed by atoms with Crippen molar-refractivity contribution in [2.24, 2.45) is 7.05 Å². The van der Waals surface area contributed by atoms with Crippen molar-refractivity contribution in [2.75, 3.05) is 0 Å². The van der Waals surface area contributed by atoms with Crippen molar-refractivity contribution in [2.45, 2.75) is 19.3 Å². The molecule has 0 bridgehead atoms. The molecule has 0 spiro atoms. The fraction of sp³-hybridized carbons (Fsp3) is 0.211. The van der Waals surface area contributed by atoms with Crippen LogP contribution in [0.1, 0.15) is 24.4 Å². The molecule has 142 valence electrons. The van der Waals surface area contributed by atoms with E-state index in [4.69, 9.17) is 21.7 Å². The molecule has 0 aliphatic rings. The molecule has 0 amide bonds.